The van der Waals surface area contributed by atoms with E-state index in [1.165, 1.54) is 17.2 Å². The number of fused-ring (bicyclic) bond motifs is 3. The fourth-order valence-corrected chi connectivity index (χ4v) is 5.02. The molecule has 0 atom stereocenters. The smallest absolute Gasteiger partial charge is 0.342 e. The van der Waals surface area contributed by atoms with Gasteiger partial charge in [0.2, 0.25) is 0 Å². The molecule has 0 N–H and O–H groups in total. The van der Waals surface area contributed by atoms with Crippen molar-refractivity contribution in [2.45, 2.75) is 45.8 Å². The number of amides is 1. The van der Waals surface area contributed by atoms with E-state index in [-0.39, 0.29) is 17.7 Å². The van der Waals surface area contributed by atoms with Crippen LogP contribution in [0.4, 0.5) is 8.78 Å². The van der Waals surface area contributed by atoms with Crippen molar-refractivity contribution in [3.05, 3.63) is 107 Å². The van der Waals surface area contributed by atoms with Gasteiger partial charge in [0.05, 0.1) is 17.5 Å². The molecule has 0 unspecified atom stereocenters. The first-order chi connectivity index (χ1) is 18.5. The first kappa shape index (κ1) is 26.3. The number of nitrogens with zero attached hydrogens (tertiary/aromatic N) is 3. The minimum Gasteiger partial charge on any atom is -0.459 e. The van der Waals surface area contributed by atoms with Crippen LogP contribution in [0.25, 0.3) is 16.8 Å². The van der Waals surface area contributed by atoms with E-state index in [1.807, 2.05) is 50.5 Å². The number of halogens is 2. The van der Waals surface area contributed by atoms with E-state index in [4.69, 9.17) is 9.72 Å². The molecular weight excluding hydrogens is 500 g/mol. The van der Waals surface area contributed by atoms with Crippen molar-refractivity contribution in [1.29, 1.82) is 0 Å². The number of aromatic nitrogens is 2. The number of hydrogen-bond donors (Lipinski definition) is 0. The van der Waals surface area contributed by atoms with Gasteiger partial charge in [-0.1, -0.05) is 44.2 Å². The molecule has 8 heteroatoms. The highest BCUT2D eigenvalue weighted by Gasteiger charge is 2.40. The second-order valence-corrected chi connectivity index (χ2v) is 10.7. The number of pyridine rings is 1. The zero-order valence-electron chi connectivity index (χ0n) is 22.2. The Morgan fingerprint density at radius 1 is 1.05 bits per heavy atom. The van der Waals surface area contributed by atoms with E-state index < -0.39 is 35.0 Å². The Hall–Kier alpha value is -4.33. The van der Waals surface area contributed by atoms with Gasteiger partial charge in [0, 0.05) is 48.2 Å². The highest BCUT2D eigenvalue weighted by molar-refractivity contribution is 6.18. The number of ether oxygens (including phenoxy) is 1. The Bertz CT molecular complexity index is 1560. The van der Waals surface area contributed by atoms with Gasteiger partial charge in [0.25, 0.3) is 5.91 Å². The van der Waals surface area contributed by atoms with E-state index in [0.717, 1.165) is 34.5 Å². The molecule has 3 aliphatic rings. The summed E-state index contributed by atoms with van der Waals surface area (Å²) in [7, 11) is 0. The molecule has 3 aliphatic heterocycles. The average Bonchev–Trinajstić information content (AvgIpc) is 3.21. The third-order valence-corrected chi connectivity index (χ3v) is 6.71. The first-order valence-electron chi connectivity index (χ1n) is 12.8. The molecule has 5 rings (SSSR count). The predicted molar refractivity (Wildman–Crippen MR) is 144 cm³/mol. The van der Waals surface area contributed by atoms with E-state index in [1.54, 1.807) is 13.8 Å². The molecule has 0 saturated carbocycles. The van der Waals surface area contributed by atoms with Crippen LogP contribution in [0.2, 0.25) is 0 Å². The third kappa shape index (κ3) is 5.19. The molecule has 2 aromatic rings. The Kier molecular flexibility index (Phi) is 6.80. The zero-order chi connectivity index (χ0) is 27.9. The Labute approximate surface area is 225 Å². The number of carbonyl (C=O) groups is 2. The van der Waals surface area contributed by atoms with Crippen LogP contribution in [-0.4, -0.2) is 39.0 Å². The normalized spacial score (nSPS) is 14.6. The summed E-state index contributed by atoms with van der Waals surface area (Å²) in [5, 5.41) is 0. The molecule has 200 valence electrons. The van der Waals surface area contributed by atoms with Crippen LogP contribution < -0.4 is 0 Å². The Morgan fingerprint density at radius 3 is 2.49 bits per heavy atom. The summed E-state index contributed by atoms with van der Waals surface area (Å²) < 4.78 is 35.1. The Balaban J connectivity index is 1.63. The van der Waals surface area contributed by atoms with E-state index >= 15 is 0 Å². The topological polar surface area (TPSA) is 64.4 Å². The summed E-state index contributed by atoms with van der Waals surface area (Å²) >= 11 is 0. The monoisotopic (exact) mass is 529 g/mol. The number of esters is 1. The van der Waals surface area contributed by atoms with Crippen molar-refractivity contribution in [3.8, 4) is 11.3 Å². The standard InChI is InChI=1S/C31H29F2N3O3/c1-19(2)39-30(38)23-17-36(29(37)21-10-11-24(32)25(33)14-21)18-31(3,4)27-22-16-35(13-12-26(22)34-28(23)27)15-20-8-6-5-7-9-20/h5-14,16-17,19H,15,18H2,1-4H3. The zero-order valence-corrected chi connectivity index (χ0v) is 22.2. The third-order valence-electron chi connectivity index (χ3n) is 6.71. The van der Waals surface area contributed by atoms with E-state index in [9.17, 15) is 18.4 Å². The van der Waals surface area contributed by atoms with Crippen LogP contribution in [0.15, 0.2) is 73.2 Å². The lowest BCUT2D eigenvalue weighted by molar-refractivity contribution is -0.140. The molecule has 0 radical (unpaired) electrons. The van der Waals surface area contributed by atoms with Crippen LogP contribution in [0.5, 0.6) is 0 Å². The molecule has 6 nitrogen and oxygen atoms in total. The first-order valence-corrected chi connectivity index (χ1v) is 12.8. The molecule has 0 saturated heterocycles. The molecular formula is C31H29F2N3O3. The predicted octanol–water partition coefficient (Wildman–Crippen LogP) is 6.04. The van der Waals surface area contributed by atoms with Gasteiger partial charge in [0.15, 0.2) is 11.6 Å². The fraction of sp³-hybridized carbons (Fsp3) is 0.258. The summed E-state index contributed by atoms with van der Waals surface area (Å²) in [4.78, 5) is 33.0. The molecule has 2 aromatic carbocycles. The molecule has 0 spiro atoms. The molecule has 0 fully saturated rings. The highest BCUT2D eigenvalue weighted by Crippen LogP contribution is 2.43. The van der Waals surface area contributed by atoms with Crippen molar-refractivity contribution >= 4 is 17.4 Å². The fourth-order valence-electron chi connectivity index (χ4n) is 5.02. The maximum absolute atomic E-state index is 14.0. The summed E-state index contributed by atoms with van der Waals surface area (Å²) in [6.45, 7) is 8.24. The molecule has 3 heterocycles. The van der Waals surface area contributed by atoms with Crippen LogP contribution >= 0.6 is 0 Å². The minimum absolute atomic E-state index is 0.0300. The number of benzene rings is 2. The summed E-state index contributed by atoms with van der Waals surface area (Å²) in [5.74, 6) is -3.34. The van der Waals surface area contributed by atoms with Gasteiger partial charge in [-0.25, -0.2) is 18.6 Å². The second kappa shape index (κ2) is 10.1. The highest BCUT2D eigenvalue weighted by atomic mass is 19.2. The van der Waals surface area contributed by atoms with E-state index in [0.29, 0.717) is 12.2 Å². The lowest BCUT2D eigenvalue weighted by atomic mass is 9.81. The van der Waals surface area contributed by atoms with Crippen LogP contribution in [0, 0.1) is 11.6 Å². The van der Waals surface area contributed by atoms with Crippen LogP contribution in [0.3, 0.4) is 0 Å². The van der Waals surface area contributed by atoms with Crippen molar-refractivity contribution in [1.82, 2.24) is 14.5 Å². The molecule has 1 amide bonds. The van der Waals surface area contributed by atoms with Crippen molar-refractivity contribution in [2.24, 2.45) is 0 Å². The van der Waals surface area contributed by atoms with Gasteiger partial charge in [0.1, 0.15) is 5.57 Å². The maximum Gasteiger partial charge on any atom is 0.342 e. The van der Waals surface area contributed by atoms with Gasteiger partial charge < -0.3 is 14.2 Å². The summed E-state index contributed by atoms with van der Waals surface area (Å²) in [6, 6.07) is 15.0. The number of rotatable bonds is 5. The van der Waals surface area contributed by atoms with Gasteiger partial charge in [-0.2, -0.15) is 0 Å². The van der Waals surface area contributed by atoms with Crippen molar-refractivity contribution in [3.63, 3.8) is 0 Å². The van der Waals surface area contributed by atoms with Crippen molar-refractivity contribution in [2.75, 3.05) is 6.54 Å². The lowest BCUT2D eigenvalue weighted by Gasteiger charge is -2.30. The average molecular weight is 530 g/mol. The number of hydrogen-bond acceptors (Lipinski definition) is 4. The van der Waals surface area contributed by atoms with E-state index in [2.05, 4.69) is 16.7 Å². The molecule has 39 heavy (non-hydrogen) atoms. The van der Waals surface area contributed by atoms with Crippen molar-refractivity contribution < 1.29 is 23.1 Å². The quantitative estimate of drug-likeness (QED) is 0.296. The maximum atomic E-state index is 14.0. The minimum atomic E-state index is -1.12. The van der Waals surface area contributed by atoms with Gasteiger partial charge >= 0.3 is 5.97 Å². The van der Waals surface area contributed by atoms with Crippen LogP contribution in [-0.2, 0) is 21.5 Å². The van der Waals surface area contributed by atoms with Gasteiger partial charge in [-0.15, -0.1) is 0 Å². The molecule has 0 bridgehead atoms. The molecule has 0 aliphatic carbocycles. The largest absolute Gasteiger partial charge is 0.459 e. The second-order valence-electron chi connectivity index (χ2n) is 10.7. The summed E-state index contributed by atoms with van der Waals surface area (Å²) in [6.07, 6.45) is 4.98. The van der Waals surface area contributed by atoms with Gasteiger partial charge in [-0.05, 0) is 49.2 Å². The summed E-state index contributed by atoms with van der Waals surface area (Å²) in [5.41, 5.74) is 3.41. The lowest BCUT2D eigenvalue weighted by Crippen LogP contribution is -2.37. The number of carbonyl (C=O) groups excluding carboxylic acids is 2. The molecule has 0 aromatic heterocycles. The Morgan fingerprint density at radius 2 is 1.79 bits per heavy atom. The van der Waals surface area contributed by atoms with Gasteiger partial charge in [-0.3, -0.25) is 4.79 Å². The van der Waals surface area contributed by atoms with Crippen LogP contribution in [0.1, 0.15) is 54.9 Å². The SMILES string of the molecule is CC(C)OC(=O)C1=CN(C(=O)c2ccc(F)c(F)c2)CC(C)(C)c2c3cn(Cc4ccccc4)ccc-3nc21.